The minimum absolute atomic E-state index is 0.117. The second kappa shape index (κ2) is 10.2. The highest BCUT2D eigenvalue weighted by molar-refractivity contribution is 6.21. The summed E-state index contributed by atoms with van der Waals surface area (Å²) in [5.74, 6) is -1.09. The van der Waals surface area contributed by atoms with Gasteiger partial charge in [0.2, 0.25) is 11.8 Å². The zero-order chi connectivity index (χ0) is 25.0. The number of aryl methyl sites for hydroxylation is 1. The van der Waals surface area contributed by atoms with Crippen LogP contribution in [0, 0.1) is 6.92 Å². The molecule has 2 aromatic carbocycles. The molecule has 1 heterocycles. The molecule has 1 aliphatic heterocycles. The van der Waals surface area contributed by atoms with Crippen LogP contribution in [0.2, 0.25) is 0 Å². The maximum atomic E-state index is 13.3. The number of nitrogens with one attached hydrogen (secondary N) is 1. The molecule has 0 saturated heterocycles. The maximum Gasteiger partial charge on any atom is 0.261 e. The lowest BCUT2D eigenvalue weighted by molar-refractivity contribution is -0.141. The minimum atomic E-state index is -0.674. The Hall–Kier alpha value is -3.48. The largest absolute Gasteiger partial charge is 0.350 e. The Balaban J connectivity index is 1.69. The molecule has 0 fully saturated rings. The van der Waals surface area contributed by atoms with Crippen molar-refractivity contribution in [3.63, 3.8) is 0 Å². The number of fused-ring (bicyclic) bond motifs is 1. The summed E-state index contributed by atoms with van der Waals surface area (Å²) in [5, 5.41) is 2.94. The Morgan fingerprint density at radius 1 is 1.00 bits per heavy atom. The average Bonchev–Trinajstić information content (AvgIpc) is 3.01. The fourth-order valence-corrected chi connectivity index (χ4v) is 4.04. The first-order chi connectivity index (χ1) is 16.0. The molecule has 0 aliphatic carbocycles. The van der Waals surface area contributed by atoms with Crippen molar-refractivity contribution in [2.45, 2.75) is 65.6 Å². The Kier molecular flexibility index (Phi) is 7.54. The van der Waals surface area contributed by atoms with Gasteiger partial charge in [0, 0.05) is 25.0 Å². The van der Waals surface area contributed by atoms with Gasteiger partial charge in [-0.2, -0.15) is 0 Å². The molecule has 2 aromatic rings. The van der Waals surface area contributed by atoms with Crippen molar-refractivity contribution in [2.75, 3.05) is 6.54 Å². The topological polar surface area (TPSA) is 86.8 Å². The SMILES string of the molecule is Cc1cccc(CN(C(=O)CCCN2C(=O)c3ccccc3C2=O)[C@@H](C)C(=O)NC(C)(C)C)c1. The summed E-state index contributed by atoms with van der Waals surface area (Å²) in [4.78, 5) is 54.0. The van der Waals surface area contributed by atoms with E-state index >= 15 is 0 Å². The van der Waals surface area contributed by atoms with Gasteiger partial charge in [0.1, 0.15) is 6.04 Å². The van der Waals surface area contributed by atoms with Crippen molar-refractivity contribution in [3.05, 3.63) is 70.8 Å². The highest BCUT2D eigenvalue weighted by atomic mass is 16.2. The van der Waals surface area contributed by atoms with E-state index in [1.54, 1.807) is 36.1 Å². The molecule has 1 atom stereocenters. The van der Waals surface area contributed by atoms with E-state index in [9.17, 15) is 19.2 Å². The van der Waals surface area contributed by atoms with Crippen LogP contribution in [-0.4, -0.2) is 51.6 Å². The predicted octanol–water partition coefficient (Wildman–Crippen LogP) is 3.70. The average molecular weight is 464 g/mol. The molecule has 0 aromatic heterocycles. The molecule has 3 rings (SSSR count). The highest BCUT2D eigenvalue weighted by Crippen LogP contribution is 2.23. The van der Waals surface area contributed by atoms with Crippen LogP contribution in [0.4, 0.5) is 0 Å². The van der Waals surface area contributed by atoms with Gasteiger partial charge < -0.3 is 10.2 Å². The van der Waals surface area contributed by atoms with Gasteiger partial charge in [-0.15, -0.1) is 0 Å². The Bertz CT molecular complexity index is 1070. The number of carbonyl (C=O) groups excluding carboxylic acids is 4. The summed E-state index contributed by atoms with van der Waals surface area (Å²) in [6.07, 6.45) is 0.439. The number of benzene rings is 2. The second-order valence-electron chi connectivity index (χ2n) is 9.84. The number of hydrogen-bond acceptors (Lipinski definition) is 4. The minimum Gasteiger partial charge on any atom is -0.350 e. The van der Waals surface area contributed by atoms with Crippen molar-refractivity contribution < 1.29 is 19.2 Å². The summed E-state index contributed by atoms with van der Waals surface area (Å²) < 4.78 is 0. The third kappa shape index (κ3) is 5.90. The third-order valence-electron chi connectivity index (χ3n) is 5.75. The van der Waals surface area contributed by atoms with Gasteiger partial charge in [-0.3, -0.25) is 24.1 Å². The summed E-state index contributed by atoms with van der Waals surface area (Å²) in [5.41, 5.74) is 2.38. The fraction of sp³-hybridized carbons (Fsp3) is 0.407. The van der Waals surface area contributed by atoms with E-state index in [4.69, 9.17) is 0 Å². The first-order valence-corrected chi connectivity index (χ1v) is 11.6. The molecule has 0 radical (unpaired) electrons. The van der Waals surface area contributed by atoms with E-state index in [-0.39, 0.29) is 36.6 Å². The van der Waals surface area contributed by atoms with Crippen molar-refractivity contribution >= 4 is 23.6 Å². The maximum absolute atomic E-state index is 13.3. The van der Waals surface area contributed by atoms with Gasteiger partial charge in [0.25, 0.3) is 11.8 Å². The lowest BCUT2D eigenvalue weighted by Gasteiger charge is -2.31. The summed E-state index contributed by atoms with van der Waals surface area (Å²) in [7, 11) is 0. The standard InChI is InChI=1S/C27H33N3O4/c1-18-10-8-11-20(16-18)17-30(19(2)24(32)28-27(3,4)5)23(31)14-9-15-29-25(33)21-12-6-7-13-22(21)26(29)34/h6-8,10-13,16,19H,9,14-15,17H2,1-5H3,(H,28,32)/t19-/m0/s1. The van der Waals surface area contributed by atoms with Crippen molar-refractivity contribution in [1.82, 2.24) is 15.1 Å². The van der Waals surface area contributed by atoms with Gasteiger partial charge >= 0.3 is 0 Å². The molecule has 180 valence electrons. The number of rotatable bonds is 8. The van der Waals surface area contributed by atoms with Crippen molar-refractivity contribution in [2.24, 2.45) is 0 Å². The van der Waals surface area contributed by atoms with E-state index in [0.29, 0.717) is 24.1 Å². The number of nitrogens with zero attached hydrogens (tertiary/aromatic N) is 2. The third-order valence-corrected chi connectivity index (χ3v) is 5.75. The van der Waals surface area contributed by atoms with Crippen LogP contribution in [0.1, 0.15) is 72.4 Å². The fourth-order valence-electron chi connectivity index (χ4n) is 4.04. The van der Waals surface area contributed by atoms with Crippen LogP contribution in [0.25, 0.3) is 0 Å². The van der Waals surface area contributed by atoms with E-state index in [0.717, 1.165) is 11.1 Å². The molecule has 0 unspecified atom stereocenters. The van der Waals surface area contributed by atoms with E-state index < -0.39 is 11.6 Å². The Labute approximate surface area is 201 Å². The van der Waals surface area contributed by atoms with Crippen LogP contribution in [0.15, 0.2) is 48.5 Å². The molecule has 34 heavy (non-hydrogen) atoms. The second-order valence-corrected chi connectivity index (χ2v) is 9.84. The van der Waals surface area contributed by atoms with Gasteiger partial charge in [0.15, 0.2) is 0 Å². The molecule has 7 heteroatoms. The van der Waals surface area contributed by atoms with Crippen LogP contribution >= 0.6 is 0 Å². The number of hydrogen-bond donors (Lipinski definition) is 1. The van der Waals surface area contributed by atoms with Gasteiger partial charge in [-0.1, -0.05) is 42.0 Å². The molecule has 0 bridgehead atoms. The molecule has 0 spiro atoms. The molecular weight excluding hydrogens is 430 g/mol. The van der Waals surface area contributed by atoms with E-state index in [1.165, 1.54) is 4.90 Å². The van der Waals surface area contributed by atoms with Crippen LogP contribution in [-0.2, 0) is 16.1 Å². The summed E-state index contributed by atoms with van der Waals surface area (Å²) in [6.45, 7) is 9.84. The zero-order valence-corrected chi connectivity index (χ0v) is 20.6. The monoisotopic (exact) mass is 463 g/mol. The molecule has 4 amide bonds. The number of carbonyl (C=O) groups is 4. The molecule has 1 aliphatic rings. The quantitative estimate of drug-likeness (QED) is 0.605. The lowest BCUT2D eigenvalue weighted by atomic mass is 10.1. The van der Waals surface area contributed by atoms with Gasteiger partial charge in [-0.05, 0) is 58.7 Å². The number of amides is 4. The van der Waals surface area contributed by atoms with Crippen LogP contribution in [0.5, 0.6) is 0 Å². The first kappa shape index (κ1) is 25.1. The molecular formula is C27H33N3O4. The van der Waals surface area contributed by atoms with Crippen LogP contribution in [0.3, 0.4) is 0 Å². The predicted molar refractivity (Wildman–Crippen MR) is 130 cm³/mol. The lowest BCUT2D eigenvalue weighted by Crippen LogP contribution is -2.52. The Morgan fingerprint density at radius 3 is 2.18 bits per heavy atom. The van der Waals surface area contributed by atoms with Gasteiger partial charge in [0.05, 0.1) is 11.1 Å². The van der Waals surface area contributed by atoms with Crippen molar-refractivity contribution in [3.8, 4) is 0 Å². The smallest absolute Gasteiger partial charge is 0.261 e. The van der Waals surface area contributed by atoms with E-state index in [2.05, 4.69) is 5.32 Å². The Morgan fingerprint density at radius 2 is 1.62 bits per heavy atom. The van der Waals surface area contributed by atoms with Crippen LogP contribution < -0.4 is 5.32 Å². The zero-order valence-electron chi connectivity index (χ0n) is 20.6. The first-order valence-electron chi connectivity index (χ1n) is 11.6. The summed E-state index contributed by atoms with van der Waals surface area (Å²) in [6, 6.07) is 13.9. The number of imide groups is 1. The summed E-state index contributed by atoms with van der Waals surface area (Å²) >= 11 is 0. The molecule has 7 nitrogen and oxygen atoms in total. The highest BCUT2D eigenvalue weighted by Gasteiger charge is 2.35. The molecule has 1 N–H and O–H groups in total. The van der Waals surface area contributed by atoms with E-state index in [1.807, 2.05) is 52.0 Å². The van der Waals surface area contributed by atoms with Crippen molar-refractivity contribution in [1.29, 1.82) is 0 Å². The molecule has 0 saturated carbocycles. The van der Waals surface area contributed by atoms with Gasteiger partial charge in [-0.25, -0.2) is 0 Å². The normalized spacial score (nSPS) is 14.1.